The third-order valence-corrected chi connectivity index (χ3v) is 2.99. The summed E-state index contributed by atoms with van der Waals surface area (Å²) in [4.78, 5) is 11.5. The molecule has 1 aliphatic carbocycles. The van der Waals surface area contributed by atoms with Crippen LogP contribution in [0.1, 0.15) is 40.0 Å². The number of ether oxygens (including phenoxy) is 2. The first kappa shape index (κ1) is 13.5. The maximum absolute atomic E-state index is 11.5. The molecule has 0 aromatic heterocycles. The molecule has 0 amide bonds. The number of hydrogen-bond donors (Lipinski definition) is 1. The summed E-state index contributed by atoms with van der Waals surface area (Å²) in [6, 6.07) is 0.140. The molecule has 4 heteroatoms. The Morgan fingerprint density at radius 3 is 2.56 bits per heavy atom. The van der Waals surface area contributed by atoms with E-state index in [1.165, 1.54) is 7.11 Å². The number of carbonyl (C=O) groups excluding carboxylic acids is 1. The van der Waals surface area contributed by atoms with E-state index in [2.05, 4.69) is 12.2 Å². The largest absolute Gasteiger partial charge is 0.468 e. The molecule has 4 nitrogen and oxygen atoms in total. The minimum Gasteiger partial charge on any atom is -0.468 e. The van der Waals surface area contributed by atoms with Gasteiger partial charge in [-0.2, -0.15) is 0 Å². The molecular formula is C12H23NO3. The Balaban J connectivity index is 2.39. The van der Waals surface area contributed by atoms with E-state index in [0.29, 0.717) is 12.6 Å². The first-order chi connectivity index (χ1) is 7.48. The topological polar surface area (TPSA) is 47.6 Å². The van der Waals surface area contributed by atoms with E-state index in [0.717, 1.165) is 19.3 Å². The zero-order chi connectivity index (χ0) is 12.2. The lowest BCUT2D eigenvalue weighted by molar-refractivity contribution is -0.146. The molecule has 1 aliphatic rings. The Morgan fingerprint density at radius 2 is 2.12 bits per heavy atom. The first-order valence-electron chi connectivity index (χ1n) is 5.96. The predicted molar refractivity (Wildman–Crippen MR) is 62.3 cm³/mol. The lowest BCUT2D eigenvalue weighted by Crippen LogP contribution is -2.44. The molecule has 0 radical (unpaired) electrons. The molecule has 0 heterocycles. The van der Waals surface area contributed by atoms with Crippen molar-refractivity contribution in [2.45, 2.75) is 57.7 Å². The van der Waals surface area contributed by atoms with Crippen LogP contribution in [0.3, 0.4) is 0 Å². The third kappa shape index (κ3) is 4.49. The van der Waals surface area contributed by atoms with Crippen LogP contribution in [0.15, 0.2) is 0 Å². The van der Waals surface area contributed by atoms with Crippen molar-refractivity contribution >= 4 is 5.97 Å². The monoisotopic (exact) mass is 229 g/mol. The lowest BCUT2D eigenvalue weighted by Gasteiger charge is -2.26. The number of methoxy groups -OCH3 is 1. The summed E-state index contributed by atoms with van der Waals surface area (Å²) in [6.07, 6.45) is 3.21. The van der Waals surface area contributed by atoms with Gasteiger partial charge in [0.2, 0.25) is 0 Å². The van der Waals surface area contributed by atoms with Gasteiger partial charge in [-0.3, -0.25) is 10.1 Å². The molecule has 94 valence electrons. The second-order valence-electron chi connectivity index (χ2n) is 4.94. The molecule has 1 fully saturated rings. The van der Waals surface area contributed by atoms with E-state index in [9.17, 15) is 4.79 Å². The normalized spacial score (nSPS) is 18.2. The molecule has 1 rings (SSSR count). The zero-order valence-corrected chi connectivity index (χ0v) is 10.7. The summed E-state index contributed by atoms with van der Waals surface area (Å²) >= 11 is 0. The van der Waals surface area contributed by atoms with Crippen LogP contribution in [-0.2, 0) is 14.3 Å². The SMILES string of the molecule is CCC(C)(C)OCC(NC1CC1)C(=O)OC. The summed E-state index contributed by atoms with van der Waals surface area (Å²) < 4.78 is 10.5. The summed E-state index contributed by atoms with van der Waals surface area (Å²) in [5, 5.41) is 3.24. The van der Waals surface area contributed by atoms with E-state index < -0.39 is 0 Å². The van der Waals surface area contributed by atoms with Crippen LogP contribution in [0.4, 0.5) is 0 Å². The van der Waals surface area contributed by atoms with E-state index in [1.54, 1.807) is 0 Å². The maximum Gasteiger partial charge on any atom is 0.325 e. The van der Waals surface area contributed by atoms with Crippen molar-refractivity contribution < 1.29 is 14.3 Å². The highest BCUT2D eigenvalue weighted by molar-refractivity contribution is 5.75. The van der Waals surface area contributed by atoms with Gasteiger partial charge in [-0.1, -0.05) is 6.92 Å². The second-order valence-corrected chi connectivity index (χ2v) is 4.94. The third-order valence-electron chi connectivity index (χ3n) is 2.99. The van der Waals surface area contributed by atoms with Gasteiger partial charge in [0, 0.05) is 6.04 Å². The summed E-state index contributed by atoms with van der Waals surface area (Å²) in [7, 11) is 1.41. The van der Waals surface area contributed by atoms with Gasteiger partial charge in [0.05, 0.1) is 19.3 Å². The summed E-state index contributed by atoms with van der Waals surface area (Å²) in [5.74, 6) is -0.237. The van der Waals surface area contributed by atoms with Gasteiger partial charge >= 0.3 is 5.97 Å². The minimum atomic E-state index is -0.330. The molecule has 1 unspecified atom stereocenters. The van der Waals surface area contributed by atoms with E-state index >= 15 is 0 Å². The van der Waals surface area contributed by atoms with Gasteiger partial charge < -0.3 is 9.47 Å². The molecule has 1 N–H and O–H groups in total. The van der Waals surface area contributed by atoms with Crippen LogP contribution in [0.25, 0.3) is 0 Å². The Bertz CT molecular complexity index is 236. The van der Waals surface area contributed by atoms with E-state index in [-0.39, 0.29) is 17.6 Å². The molecule has 0 bridgehead atoms. The molecule has 16 heavy (non-hydrogen) atoms. The molecule has 0 aromatic carbocycles. The van der Waals surface area contributed by atoms with Crippen molar-refractivity contribution in [3.8, 4) is 0 Å². The van der Waals surface area contributed by atoms with Crippen molar-refractivity contribution in [2.24, 2.45) is 0 Å². The zero-order valence-electron chi connectivity index (χ0n) is 10.7. The smallest absolute Gasteiger partial charge is 0.325 e. The van der Waals surface area contributed by atoms with Gasteiger partial charge in [-0.25, -0.2) is 0 Å². The average Bonchev–Trinajstić information content (AvgIpc) is 3.07. The number of hydrogen-bond acceptors (Lipinski definition) is 4. The van der Waals surface area contributed by atoms with Crippen LogP contribution < -0.4 is 5.32 Å². The number of nitrogens with one attached hydrogen (secondary N) is 1. The van der Waals surface area contributed by atoms with E-state index in [1.807, 2.05) is 13.8 Å². The van der Waals surface area contributed by atoms with Crippen molar-refractivity contribution in [3.63, 3.8) is 0 Å². The maximum atomic E-state index is 11.5. The van der Waals surface area contributed by atoms with Crippen molar-refractivity contribution in [1.82, 2.24) is 5.32 Å². The quantitative estimate of drug-likeness (QED) is 0.672. The minimum absolute atomic E-state index is 0.183. The fourth-order valence-electron chi connectivity index (χ4n) is 1.27. The number of esters is 1. The fourth-order valence-corrected chi connectivity index (χ4v) is 1.27. The molecule has 0 saturated heterocycles. The number of carbonyl (C=O) groups is 1. The van der Waals surface area contributed by atoms with Gasteiger partial charge in [-0.15, -0.1) is 0 Å². The van der Waals surface area contributed by atoms with Gasteiger partial charge in [-0.05, 0) is 33.1 Å². The second kappa shape index (κ2) is 5.64. The average molecular weight is 229 g/mol. The van der Waals surface area contributed by atoms with Gasteiger partial charge in [0.1, 0.15) is 6.04 Å². The number of rotatable bonds is 7. The Hall–Kier alpha value is -0.610. The Kier molecular flexibility index (Phi) is 4.74. The summed E-state index contributed by atoms with van der Waals surface area (Å²) in [6.45, 7) is 6.50. The summed E-state index contributed by atoms with van der Waals surface area (Å²) in [5.41, 5.74) is -0.183. The van der Waals surface area contributed by atoms with Crippen molar-refractivity contribution in [3.05, 3.63) is 0 Å². The predicted octanol–water partition coefficient (Wildman–Crippen LogP) is 1.49. The lowest BCUT2D eigenvalue weighted by atomic mass is 10.1. The van der Waals surface area contributed by atoms with Crippen LogP contribution in [0, 0.1) is 0 Å². The van der Waals surface area contributed by atoms with Crippen LogP contribution >= 0.6 is 0 Å². The van der Waals surface area contributed by atoms with E-state index in [4.69, 9.17) is 9.47 Å². The van der Waals surface area contributed by atoms with Crippen LogP contribution in [0.2, 0.25) is 0 Å². The molecule has 1 saturated carbocycles. The van der Waals surface area contributed by atoms with Gasteiger partial charge in [0.25, 0.3) is 0 Å². The molecule has 0 spiro atoms. The Labute approximate surface area is 97.7 Å². The van der Waals surface area contributed by atoms with Crippen molar-refractivity contribution in [2.75, 3.05) is 13.7 Å². The van der Waals surface area contributed by atoms with Crippen molar-refractivity contribution in [1.29, 1.82) is 0 Å². The highest BCUT2D eigenvalue weighted by Gasteiger charge is 2.30. The molecular weight excluding hydrogens is 206 g/mol. The standard InChI is InChI=1S/C12H23NO3/c1-5-12(2,3)16-8-10(11(14)15-4)13-9-6-7-9/h9-10,13H,5-8H2,1-4H3. The molecule has 0 aromatic rings. The van der Waals surface area contributed by atoms with Crippen LogP contribution in [-0.4, -0.2) is 37.4 Å². The van der Waals surface area contributed by atoms with Gasteiger partial charge in [0.15, 0.2) is 0 Å². The first-order valence-corrected chi connectivity index (χ1v) is 5.96. The Morgan fingerprint density at radius 1 is 1.50 bits per heavy atom. The fraction of sp³-hybridized carbons (Fsp3) is 0.917. The van der Waals surface area contributed by atoms with Crippen LogP contribution in [0.5, 0.6) is 0 Å². The molecule has 0 aliphatic heterocycles. The highest BCUT2D eigenvalue weighted by Crippen LogP contribution is 2.20. The highest BCUT2D eigenvalue weighted by atomic mass is 16.5. The molecule has 1 atom stereocenters.